The standard InChI is InChI=1S/C10H10Br2N2O5/c1-5(4-18-10(13)15)19-8-3-6(11)2-7(9(8)12)14(16)17/h2-3,5H,4H2,1H3,(H2,13,15). The Morgan fingerprint density at radius 2 is 2.16 bits per heavy atom. The van der Waals surface area contributed by atoms with E-state index < -0.39 is 17.1 Å². The molecule has 0 saturated carbocycles. The van der Waals surface area contributed by atoms with E-state index in [1.54, 1.807) is 13.0 Å². The molecule has 7 nitrogen and oxygen atoms in total. The molecule has 2 N–H and O–H groups in total. The van der Waals surface area contributed by atoms with E-state index >= 15 is 0 Å². The number of nitro groups is 1. The third-order valence-electron chi connectivity index (χ3n) is 1.97. The summed E-state index contributed by atoms with van der Waals surface area (Å²) in [5.74, 6) is 0.265. The molecule has 9 heteroatoms. The third kappa shape index (κ3) is 4.67. The van der Waals surface area contributed by atoms with Gasteiger partial charge in [0.15, 0.2) is 0 Å². The van der Waals surface area contributed by atoms with Crippen molar-refractivity contribution in [1.29, 1.82) is 0 Å². The van der Waals surface area contributed by atoms with Crippen LogP contribution in [0.3, 0.4) is 0 Å². The van der Waals surface area contributed by atoms with Crippen molar-refractivity contribution in [2.24, 2.45) is 5.73 Å². The topological polar surface area (TPSA) is 105 Å². The third-order valence-corrected chi connectivity index (χ3v) is 3.22. The molecule has 0 aromatic heterocycles. The van der Waals surface area contributed by atoms with Crippen LogP contribution in [0.2, 0.25) is 0 Å². The normalized spacial score (nSPS) is 11.7. The Bertz CT molecular complexity index is 509. The summed E-state index contributed by atoms with van der Waals surface area (Å²) in [7, 11) is 0. The maximum Gasteiger partial charge on any atom is 0.404 e. The second kappa shape index (κ2) is 6.71. The van der Waals surface area contributed by atoms with Crippen LogP contribution in [0.1, 0.15) is 6.92 Å². The number of nitrogens with zero attached hydrogens (tertiary/aromatic N) is 1. The van der Waals surface area contributed by atoms with Crippen LogP contribution in [-0.2, 0) is 4.74 Å². The number of amides is 1. The highest BCUT2D eigenvalue weighted by atomic mass is 79.9. The van der Waals surface area contributed by atoms with E-state index in [1.807, 2.05) is 0 Å². The van der Waals surface area contributed by atoms with Gasteiger partial charge in [0.25, 0.3) is 5.69 Å². The Kier molecular flexibility index (Phi) is 5.55. The van der Waals surface area contributed by atoms with Crippen molar-refractivity contribution in [2.45, 2.75) is 13.0 Å². The van der Waals surface area contributed by atoms with Gasteiger partial charge in [-0.2, -0.15) is 0 Å². The molecule has 0 aliphatic heterocycles. The van der Waals surface area contributed by atoms with Gasteiger partial charge in [0, 0.05) is 10.5 Å². The van der Waals surface area contributed by atoms with Crippen LogP contribution in [0.15, 0.2) is 21.1 Å². The SMILES string of the molecule is CC(COC(N)=O)Oc1cc(Br)cc([N+](=O)[O-])c1Br. The lowest BCUT2D eigenvalue weighted by Crippen LogP contribution is -2.24. The van der Waals surface area contributed by atoms with Gasteiger partial charge in [0.2, 0.25) is 0 Å². The summed E-state index contributed by atoms with van der Waals surface area (Å²) in [6, 6.07) is 2.92. The number of benzene rings is 1. The molecule has 0 spiro atoms. The predicted molar refractivity (Wildman–Crippen MR) is 74.1 cm³/mol. The summed E-state index contributed by atoms with van der Waals surface area (Å²) < 4.78 is 10.7. The first-order valence-electron chi connectivity index (χ1n) is 5.03. The maximum absolute atomic E-state index is 10.8. The number of carbonyl (C=O) groups is 1. The fourth-order valence-corrected chi connectivity index (χ4v) is 2.11. The van der Waals surface area contributed by atoms with Gasteiger partial charge in [-0.1, -0.05) is 15.9 Å². The van der Waals surface area contributed by atoms with E-state index in [0.29, 0.717) is 4.47 Å². The Morgan fingerprint density at radius 1 is 1.53 bits per heavy atom. The number of ether oxygens (including phenoxy) is 2. The molecule has 1 rings (SSSR count). The molecule has 1 amide bonds. The molecule has 1 atom stereocenters. The van der Waals surface area contributed by atoms with Crippen molar-refractivity contribution in [3.05, 3.63) is 31.2 Å². The van der Waals surface area contributed by atoms with Crippen molar-refractivity contribution >= 4 is 43.6 Å². The number of rotatable bonds is 5. The van der Waals surface area contributed by atoms with Crippen molar-refractivity contribution in [1.82, 2.24) is 0 Å². The van der Waals surface area contributed by atoms with Crippen LogP contribution in [0.4, 0.5) is 10.5 Å². The average Bonchev–Trinajstić information content (AvgIpc) is 2.30. The zero-order chi connectivity index (χ0) is 14.6. The molecule has 0 saturated heterocycles. The molecule has 0 radical (unpaired) electrons. The molecule has 0 heterocycles. The van der Waals surface area contributed by atoms with E-state index in [0.717, 1.165) is 0 Å². The van der Waals surface area contributed by atoms with E-state index in [2.05, 4.69) is 36.6 Å². The van der Waals surface area contributed by atoms with E-state index in [9.17, 15) is 14.9 Å². The number of nitrogens with two attached hydrogens (primary N) is 1. The summed E-state index contributed by atoms with van der Waals surface area (Å²) in [5.41, 5.74) is 4.70. The molecule has 0 aliphatic rings. The summed E-state index contributed by atoms with van der Waals surface area (Å²) in [6.07, 6.45) is -1.41. The minimum absolute atomic E-state index is 0.0535. The van der Waals surface area contributed by atoms with Gasteiger partial charge in [-0.05, 0) is 28.9 Å². The first-order chi connectivity index (χ1) is 8.81. The molecular formula is C10H10Br2N2O5. The van der Waals surface area contributed by atoms with Gasteiger partial charge in [-0.15, -0.1) is 0 Å². The zero-order valence-electron chi connectivity index (χ0n) is 9.76. The minimum Gasteiger partial charge on any atom is -0.486 e. The number of hydrogen-bond donors (Lipinski definition) is 1. The number of primary amides is 1. The highest BCUT2D eigenvalue weighted by Gasteiger charge is 2.19. The molecule has 1 aromatic rings. The Balaban J connectivity index is 2.89. The van der Waals surface area contributed by atoms with Crippen LogP contribution < -0.4 is 10.5 Å². The molecule has 0 aliphatic carbocycles. The molecular weight excluding hydrogens is 388 g/mol. The van der Waals surface area contributed by atoms with Crippen LogP contribution >= 0.6 is 31.9 Å². The van der Waals surface area contributed by atoms with Gasteiger partial charge < -0.3 is 15.2 Å². The van der Waals surface area contributed by atoms with Crippen molar-refractivity contribution in [3.8, 4) is 5.75 Å². The molecule has 1 aromatic carbocycles. The summed E-state index contributed by atoms with van der Waals surface area (Å²) in [4.78, 5) is 20.8. The zero-order valence-corrected chi connectivity index (χ0v) is 12.9. The summed E-state index contributed by atoms with van der Waals surface area (Å²) in [5, 5.41) is 10.8. The van der Waals surface area contributed by atoms with Gasteiger partial charge in [-0.25, -0.2) is 4.79 Å². The van der Waals surface area contributed by atoms with E-state index in [4.69, 9.17) is 10.5 Å². The van der Waals surface area contributed by atoms with Gasteiger partial charge in [0.05, 0.1) is 4.92 Å². The number of halogens is 2. The summed E-state index contributed by atoms with van der Waals surface area (Å²) >= 11 is 6.26. The van der Waals surface area contributed by atoms with Crippen LogP contribution in [0.25, 0.3) is 0 Å². The van der Waals surface area contributed by atoms with Crippen LogP contribution in [0.5, 0.6) is 5.75 Å². The number of carbonyl (C=O) groups excluding carboxylic acids is 1. The predicted octanol–water partition coefficient (Wildman–Crippen LogP) is 2.98. The van der Waals surface area contributed by atoms with Crippen molar-refractivity contribution in [3.63, 3.8) is 0 Å². The monoisotopic (exact) mass is 396 g/mol. The molecule has 19 heavy (non-hydrogen) atoms. The van der Waals surface area contributed by atoms with Gasteiger partial charge >= 0.3 is 6.09 Å². The second-order valence-electron chi connectivity index (χ2n) is 3.55. The molecule has 0 fully saturated rings. The molecule has 0 bridgehead atoms. The van der Waals surface area contributed by atoms with E-state index in [1.165, 1.54) is 6.07 Å². The average molecular weight is 398 g/mol. The van der Waals surface area contributed by atoms with Crippen molar-refractivity contribution in [2.75, 3.05) is 6.61 Å². The fourth-order valence-electron chi connectivity index (χ4n) is 1.22. The smallest absolute Gasteiger partial charge is 0.404 e. The van der Waals surface area contributed by atoms with Crippen molar-refractivity contribution < 1.29 is 19.2 Å². The van der Waals surface area contributed by atoms with Gasteiger partial charge in [-0.3, -0.25) is 10.1 Å². The lowest BCUT2D eigenvalue weighted by molar-refractivity contribution is -0.385. The lowest BCUT2D eigenvalue weighted by atomic mass is 10.3. The Morgan fingerprint density at radius 3 is 2.68 bits per heavy atom. The Labute approximate surface area is 125 Å². The number of hydrogen-bond acceptors (Lipinski definition) is 5. The number of nitro benzene ring substituents is 1. The highest BCUT2D eigenvalue weighted by molar-refractivity contribution is 9.11. The quantitative estimate of drug-likeness (QED) is 0.607. The van der Waals surface area contributed by atoms with Crippen LogP contribution in [-0.4, -0.2) is 23.7 Å². The Hall–Kier alpha value is -1.35. The highest BCUT2D eigenvalue weighted by Crippen LogP contribution is 2.37. The summed E-state index contributed by atoms with van der Waals surface area (Å²) in [6.45, 7) is 1.59. The fraction of sp³-hybridized carbons (Fsp3) is 0.300. The van der Waals surface area contributed by atoms with E-state index in [-0.39, 0.29) is 22.5 Å². The second-order valence-corrected chi connectivity index (χ2v) is 5.26. The van der Waals surface area contributed by atoms with Gasteiger partial charge in [0.1, 0.15) is 22.9 Å². The maximum atomic E-state index is 10.8. The lowest BCUT2D eigenvalue weighted by Gasteiger charge is -2.15. The van der Waals surface area contributed by atoms with Crippen LogP contribution in [0, 0.1) is 10.1 Å². The molecule has 1 unspecified atom stereocenters. The minimum atomic E-state index is -0.908. The first-order valence-corrected chi connectivity index (χ1v) is 6.62. The first kappa shape index (κ1) is 15.7. The largest absolute Gasteiger partial charge is 0.486 e. The molecule has 104 valence electrons.